The summed E-state index contributed by atoms with van der Waals surface area (Å²) < 4.78 is 12.4. The number of ether oxygens (including phenoxy) is 2. The molecule has 2 aliphatic heterocycles. The van der Waals surface area contributed by atoms with Gasteiger partial charge in [0.2, 0.25) is 5.91 Å². The lowest BCUT2D eigenvalue weighted by atomic mass is 9.74. The van der Waals surface area contributed by atoms with Crippen LogP contribution in [-0.4, -0.2) is 46.7 Å². The first kappa shape index (κ1) is 21.5. The maximum atomic E-state index is 13.7. The maximum Gasteiger partial charge on any atom is 0.235 e. The summed E-state index contributed by atoms with van der Waals surface area (Å²) in [6, 6.07) is 9.31. The molecule has 6 nitrogen and oxygen atoms in total. The number of allylic oxidation sites excluding steroid dienone is 1. The van der Waals surface area contributed by atoms with Crippen molar-refractivity contribution in [3.63, 3.8) is 0 Å². The van der Waals surface area contributed by atoms with E-state index in [1.54, 1.807) is 11.8 Å². The molecule has 0 aromatic heterocycles. The number of fused-ring (bicyclic) bond motifs is 1. The number of nitrogens with zero attached hydrogens (tertiary/aromatic N) is 1. The van der Waals surface area contributed by atoms with Gasteiger partial charge in [0.15, 0.2) is 17.2 Å². The van der Waals surface area contributed by atoms with E-state index in [1.165, 1.54) is 13.8 Å². The van der Waals surface area contributed by atoms with E-state index in [9.17, 15) is 14.7 Å². The van der Waals surface area contributed by atoms with Gasteiger partial charge in [-0.3, -0.25) is 9.59 Å². The zero-order valence-corrected chi connectivity index (χ0v) is 17.9. The summed E-state index contributed by atoms with van der Waals surface area (Å²) in [6.07, 6.45) is 0.761. The second-order valence-electron chi connectivity index (χ2n) is 8.10. The molecule has 1 amide bonds. The van der Waals surface area contributed by atoms with Crippen molar-refractivity contribution in [1.82, 2.24) is 4.90 Å². The van der Waals surface area contributed by atoms with E-state index in [2.05, 4.69) is 0 Å². The van der Waals surface area contributed by atoms with Crippen LogP contribution in [0.25, 0.3) is 0 Å². The van der Waals surface area contributed by atoms with Crippen LogP contribution >= 0.6 is 0 Å². The van der Waals surface area contributed by atoms with Crippen LogP contribution in [0.1, 0.15) is 53.0 Å². The molecule has 0 spiro atoms. The third-order valence-corrected chi connectivity index (χ3v) is 5.82. The zero-order valence-electron chi connectivity index (χ0n) is 17.9. The molecular formula is C23H31NO5. The number of amides is 1. The van der Waals surface area contributed by atoms with Crippen molar-refractivity contribution in [2.24, 2.45) is 5.92 Å². The van der Waals surface area contributed by atoms with Crippen LogP contribution < -0.4 is 0 Å². The molecular weight excluding hydrogens is 370 g/mol. The van der Waals surface area contributed by atoms with Crippen molar-refractivity contribution in [3.8, 4) is 0 Å². The van der Waals surface area contributed by atoms with Gasteiger partial charge in [0.1, 0.15) is 17.8 Å². The van der Waals surface area contributed by atoms with Crippen LogP contribution in [0, 0.1) is 5.92 Å². The molecule has 0 radical (unpaired) electrons. The average Bonchev–Trinajstić information content (AvgIpc) is 3.06. The predicted octanol–water partition coefficient (Wildman–Crippen LogP) is 3.15. The highest BCUT2D eigenvalue weighted by Gasteiger charge is 2.71. The Morgan fingerprint density at radius 1 is 1.14 bits per heavy atom. The molecule has 3 rings (SSSR count). The number of carbonyl (C=O) groups is 2. The Hall–Kier alpha value is -2.18. The highest BCUT2D eigenvalue weighted by molar-refractivity contribution is 5.96. The van der Waals surface area contributed by atoms with Gasteiger partial charge in [0.05, 0.1) is 5.57 Å². The van der Waals surface area contributed by atoms with E-state index in [0.717, 1.165) is 12.8 Å². The molecule has 2 heterocycles. The Morgan fingerprint density at radius 3 is 2.24 bits per heavy atom. The Morgan fingerprint density at radius 2 is 1.72 bits per heavy atom. The van der Waals surface area contributed by atoms with Crippen LogP contribution in [-0.2, 0) is 24.7 Å². The molecule has 2 unspecified atom stereocenters. The zero-order chi connectivity index (χ0) is 21.4. The molecule has 2 aliphatic rings. The summed E-state index contributed by atoms with van der Waals surface area (Å²) in [5.74, 6) is -2.75. The average molecular weight is 402 g/mol. The van der Waals surface area contributed by atoms with Gasteiger partial charge in [-0.05, 0) is 39.2 Å². The maximum absolute atomic E-state index is 13.7. The van der Waals surface area contributed by atoms with Gasteiger partial charge in [0, 0.05) is 13.1 Å². The van der Waals surface area contributed by atoms with E-state index in [0.29, 0.717) is 30.0 Å². The summed E-state index contributed by atoms with van der Waals surface area (Å²) >= 11 is 0. The first-order valence-electron chi connectivity index (χ1n) is 10.4. The van der Waals surface area contributed by atoms with Crippen LogP contribution in [0.5, 0.6) is 0 Å². The number of Topliss-reactive ketones (excluding diaryl/α,β-unsaturated/α-hetero) is 1. The molecule has 1 aromatic rings. The fraction of sp³-hybridized carbons (Fsp3) is 0.565. The second kappa shape index (κ2) is 7.92. The van der Waals surface area contributed by atoms with Crippen LogP contribution in [0.15, 0.2) is 41.7 Å². The molecule has 0 saturated carbocycles. The van der Waals surface area contributed by atoms with Crippen molar-refractivity contribution >= 4 is 11.7 Å². The molecule has 0 aliphatic carbocycles. The number of benzene rings is 1. The number of ketones is 1. The molecule has 4 atom stereocenters. The third kappa shape index (κ3) is 3.38. The van der Waals surface area contributed by atoms with Gasteiger partial charge in [-0.2, -0.15) is 0 Å². The van der Waals surface area contributed by atoms with Crippen molar-refractivity contribution in [2.75, 3.05) is 13.1 Å². The van der Waals surface area contributed by atoms with E-state index in [-0.39, 0.29) is 11.7 Å². The molecule has 1 N–H and O–H groups in total. The van der Waals surface area contributed by atoms with Crippen molar-refractivity contribution in [2.45, 2.75) is 65.0 Å². The van der Waals surface area contributed by atoms with E-state index in [1.807, 2.05) is 44.2 Å². The summed E-state index contributed by atoms with van der Waals surface area (Å²) in [6.45, 7) is 9.86. The van der Waals surface area contributed by atoms with Crippen molar-refractivity contribution < 1.29 is 24.2 Å². The summed E-state index contributed by atoms with van der Waals surface area (Å²) in [4.78, 5) is 27.9. The molecule has 6 heteroatoms. The number of hydrogen-bond donors (Lipinski definition) is 1. The lowest BCUT2D eigenvalue weighted by Crippen LogP contribution is -2.53. The normalized spacial score (nSPS) is 30.8. The van der Waals surface area contributed by atoms with E-state index >= 15 is 0 Å². The minimum absolute atomic E-state index is 0.187. The molecule has 1 fully saturated rings. The fourth-order valence-corrected chi connectivity index (χ4v) is 4.80. The topological polar surface area (TPSA) is 76.1 Å². The van der Waals surface area contributed by atoms with Crippen LogP contribution in [0.3, 0.4) is 0 Å². The summed E-state index contributed by atoms with van der Waals surface area (Å²) in [5, 5.41) is 11.2. The lowest BCUT2D eigenvalue weighted by Gasteiger charge is -2.38. The van der Waals surface area contributed by atoms with Gasteiger partial charge in [-0.25, -0.2) is 0 Å². The van der Waals surface area contributed by atoms with E-state index in [4.69, 9.17) is 9.47 Å². The van der Waals surface area contributed by atoms with Gasteiger partial charge in [-0.15, -0.1) is 0 Å². The molecule has 158 valence electrons. The third-order valence-electron chi connectivity index (χ3n) is 5.82. The number of aliphatic hydroxyl groups is 1. The van der Waals surface area contributed by atoms with E-state index < -0.39 is 23.4 Å². The van der Waals surface area contributed by atoms with Gasteiger partial charge >= 0.3 is 0 Å². The van der Waals surface area contributed by atoms with Crippen LogP contribution in [0.2, 0.25) is 0 Å². The quantitative estimate of drug-likeness (QED) is 0.760. The molecule has 29 heavy (non-hydrogen) atoms. The highest BCUT2D eigenvalue weighted by atomic mass is 16.7. The highest BCUT2D eigenvalue weighted by Crippen LogP contribution is 2.58. The standard InChI is InChI=1S/C23H31NO5/c1-6-13-24(14-7-2)21(26)19-22(5,27)29-20-18(15(3)25)16(4)28-23(19,20)17-11-9-8-10-12-17/h8-12,19-20,27H,6-7,13-14H2,1-5H3/t19?,20-,22?,23-/m0/s1. The Balaban J connectivity index is 2.18. The monoisotopic (exact) mass is 401 g/mol. The Kier molecular flexibility index (Phi) is 5.88. The first-order valence-corrected chi connectivity index (χ1v) is 10.4. The van der Waals surface area contributed by atoms with Gasteiger partial charge in [-0.1, -0.05) is 44.2 Å². The smallest absolute Gasteiger partial charge is 0.235 e. The van der Waals surface area contributed by atoms with Crippen LogP contribution in [0.4, 0.5) is 0 Å². The molecule has 0 bridgehead atoms. The van der Waals surface area contributed by atoms with Gasteiger partial charge < -0.3 is 19.5 Å². The number of carbonyl (C=O) groups excluding carboxylic acids is 2. The van der Waals surface area contributed by atoms with Crippen molar-refractivity contribution in [3.05, 3.63) is 47.2 Å². The fourth-order valence-electron chi connectivity index (χ4n) is 4.80. The Bertz CT molecular complexity index is 810. The largest absolute Gasteiger partial charge is 0.482 e. The second-order valence-corrected chi connectivity index (χ2v) is 8.10. The van der Waals surface area contributed by atoms with Gasteiger partial charge in [0.25, 0.3) is 0 Å². The number of hydrogen-bond acceptors (Lipinski definition) is 5. The SMILES string of the molecule is CCCN(CCC)C(=O)C1C(C)(O)O[C@H]2C(C(C)=O)=C(C)O[C@@]12c1ccccc1. The number of rotatable bonds is 7. The molecule has 1 aromatic carbocycles. The first-order chi connectivity index (χ1) is 13.7. The minimum Gasteiger partial charge on any atom is -0.482 e. The van der Waals surface area contributed by atoms with Crippen molar-refractivity contribution in [1.29, 1.82) is 0 Å². The Labute approximate surface area is 172 Å². The lowest BCUT2D eigenvalue weighted by molar-refractivity contribution is -0.200. The molecule has 1 saturated heterocycles. The summed E-state index contributed by atoms with van der Waals surface area (Å²) in [5.41, 5.74) is -0.196. The predicted molar refractivity (Wildman–Crippen MR) is 109 cm³/mol. The minimum atomic E-state index is -1.78. The summed E-state index contributed by atoms with van der Waals surface area (Å²) in [7, 11) is 0.